The summed E-state index contributed by atoms with van der Waals surface area (Å²) in [5.41, 5.74) is 0. The van der Waals surface area contributed by atoms with E-state index in [4.69, 9.17) is 4.74 Å². The minimum absolute atomic E-state index is 0.319. The Labute approximate surface area is 110 Å². The van der Waals surface area contributed by atoms with E-state index in [0.717, 1.165) is 32.5 Å². The van der Waals surface area contributed by atoms with E-state index in [1.807, 2.05) is 0 Å². The van der Waals surface area contributed by atoms with Gasteiger partial charge in [0.2, 0.25) is 0 Å². The van der Waals surface area contributed by atoms with Crippen LogP contribution in [0.2, 0.25) is 0 Å². The van der Waals surface area contributed by atoms with Crippen LogP contribution in [0.5, 0.6) is 0 Å². The van der Waals surface area contributed by atoms with Crippen molar-refractivity contribution in [2.75, 3.05) is 26.2 Å². The molecule has 18 heavy (non-hydrogen) atoms. The highest BCUT2D eigenvalue weighted by Crippen LogP contribution is 2.18. The third-order valence-corrected chi connectivity index (χ3v) is 4.19. The maximum atomic E-state index is 12.2. The van der Waals surface area contributed by atoms with Gasteiger partial charge in [-0.05, 0) is 38.5 Å². The fourth-order valence-electron chi connectivity index (χ4n) is 3.09. The van der Waals surface area contributed by atoms with Crippen LogP contribution in [0.4, 0.5) is 0 Å². The van der Waals surface area contributed by atoms with Crippen LogP contribution < -0.4 is 5.32 Å². The zero-order valence-electron chi connectivity index (χ0n) is 11.6. The first-order valence-electron chi connectivity index (χ1n) is 7.54. The van der Waals surface area contributed by atoms with Crippen molar-refractivity contribution in [2.45, 2.75) is 57.6 Å². The van der Waals surface area contributed by atoms with Crippen molar-refractivity contribution in [1.29, 1.82) is 0 Å². The van der Waals surface area contributed by atoms with Crippen molar-refractivity contribution in [1.82, 2.24) is 4.90 Å². The second-order valence-electron chi connectivity index (χ2n) is 5.51. The van der Waals surface area contributed by atoms with Crippen LogP contribution in [0, 0.1) is 0 Å². The summed E-state index contributed by atoms with van der Waals surface area (Å²) in [5, 5.41) is 2.12. The van der Waals surface area contributed by atoms with Crippen molar-refractivity contribution < 1.29 is 14.8 Å². The Hall–Kier alpha value is -0.610. The summed E-state index contributed by atoms with van der Waals surface area (Å²) < 4.78 is 5.57. The van der Waals surface area contributed by atoms with Gasteiger partial charge in [-0.25, -0.2) is 0 Å². The first-order valence-corrected chi connectivity index (χ1v) is 7.54. The van der Waals surface area contributed by atoms with Gasteiger partial charge in [-0.3, -0.25) is 4.79 Å². The lowest BCUT2D eigenvalue weighted by Gasteiger charge is -2.34. The number of carbonyl (C=O) groups excluding carboxylic acids is 1. The summed E-state index contributed by atoms with van der Waals surface area (Å²) in [4.78, 5) is 14.3. The van der Waals surface area contributed by atoms with Crippen molar-refractivity contribution in [3.8, 4) is 0 Å². The van der Waals surface area contributed by atoms with Crippen LogP contribution in [0.3, 0.4) is 0 Å². The lowest BCUT2D eigenvalue weighted by molar-refractivity contribution is -0.650. The molecule has 4 heteroatoms. The zero-order valence-corrected chi connectivity index (χ0v) is 11.6. The molecule has 0 radical (unpaired) electrons. The summed E-state index contributed by atoms with van der Waals surface area (Å²) in [6.07, 6.45) is 7.45. The van der Waals surface area contributed by atoms with Gasteiger partial charge in [0.25, 0.3) is 5.91 Å². The number of ether oxygens (including phenoxy) is 1. The van der Waals surface area contributed by atoms with Crippen LogP contribution >= 0.6 is 0 Å². The molecule has 2 fully saturated rings. The Bertz CT molecular complexity index is 265. The van der Waals surface area contributed by atoms with E-state index in [1.165, 1.54) is 25.7 Å². The predicted octanol–water partition coefficient (Wildman–Crippen LogP) is 0.520. The first kappa shape index (κ1) is 13.8. The molecular weight excluding hydrogens is 228 g/mol. The Balaban J connectivity index is 1.69. The summed E-state index contributed by atoms with van der Waals surface area (Å²) in [6.45, 7) is 5.58. The molecule has 0 unspecified atom stereocenters. The fraction of sp³-hybridized carbons (Fsp3) is 0.929. The number of quaternary nitrogens is 1. The summed E-state index contributed by atoms with van der Waals surface area (Å²) in [6, 6.07) is 0.488. The second kappa shape index (κ2) is 7.10. The van der Waals surface area contributed by atoms with Gasteiger partial charge in [-0.15, -0.1) is 0 Å². The monoisotopic (exact) mass is 255 g/mol. The summed E-state index contributed by atoms with van der Waals surface area (Å²) in [5.74, 6) is 0.319. The number of carbonyl (C=O) groups is 1. The van der Waals surface area contributed by atoms with Crippen molar-refractivity contribution >= 4 is 5.91 Å². The lowest BCUT2D eigenvalue weighted by Crippen LogP contribution is -2.88. The molecule has 2 heterocycles. The molecule has 104 valence electrons. The maximum absolute atomic E-state index is 12.2. The summed E-state index contributed by atoms with van der Waals surface area (Å²) >= 11 is 0. The van der Waals surface area contributed by atoms with Crippen LogP contribution in [0.15, 0.2) is 0 Å². The molecule has 0 spiro atoms. The first-order chi connectivity index (χ1) is 8.81. The smallest absolute Gasteiger partial charge is 0.277 e. The molecule has 1 amide bonds. The van der Waals surface area contributed by atoms with E-state index < -0.39 is 0 Å². The largest absolute Gasteiger partial charge is 0.372 e. The minimum Gasteiger partial charge on any atom is -0.372 e. The Morgan fingerprint density at radius 1 is 1.33 bits per heavy atom. The van der Waals surface area contributed by atoms with Crippen LogP contribution in [-0.2, 0) is 9.53 Å². The molecule has 0 bridgehead atoms. The molecule has 2 aliphatic heterocycles. The maximum Gasteiger partial charge on any atom is 0.277 e. The number of hydrogen-bond donors (Lipinski definition) is 1. The molecule has 2 N–H and O–H groups in total. The zero-order chi connectivity index (χ0) is 12.8. The van der Waals surface area contributed by atoms with Gasteiger partial charge in [-0.1, -0.05) is 6.92 Å². The SMILES string of the molecule is CC[C@@H]1CCCCN1C(=O)C[NH2+]C[C@H]1CCCO1. The molecule has 2 atom stereocenters. The minimum atomic E-state index is 0.319. The molecule has 0 aromatic rings. The molecule has 2 aliphatic rings. The average Bonchev–Trinajstić information content (AvgIpc) is 2.91. The highest BCUT2D eigenvalue weighted by molar-refractivity contribution is 5.77. The third kappa shape index (κ3) is 3.69. The van der Waals surface area contributed by atoms with E-state index in [0.29, 0.717) is 24.6 Å². The number of rotatable bonds is 5. The fourth-order valence-corrected chi connectivity index (χ4v) is 3.09. The number of piperidine rings is 1. The molecule has 0 aromatic carbocycles. The Morgan fingerprint density at radius 2 is 2.22 bits per heavy atom. The predicted molar refractivity (Wildman–Crippen MR) is 70.3 cm³/mol. The Kier molecular flexibility index (Phi) is 5.45. The van der Waals surface area contributed by atoms with E-state index >= 15 is 0 Å². The van der Waals surface area contributed by atoms with E-state index in [9.17, 15) is 4.79 Å². The number of hydrogen-bond acceptors (Lipinski definition) is 2. The topological polar surface area (TPSA) is 46.2 Å². The highest BCUT2D eigenvalue weighted by atomic mass is 16.5. The normalized spacial score (nSPS) is 28.6. The van der Waals surface area contributed by atoms with Crippen LogP contribution in [-0.4, -0.2) is 49.2 Å². The summed E-state index contributed by atoms with van der Waals surface area (Å²) in [7, 11) is 0. The van der Waals surface area contributed by atoms with Gasteiger partial charge in [-0.2, -0.15) is 0 Å². The molecule has 0 aliphatic carbocycles. The second-order valence-corrected chi connectivity index (χ2v) is 5.51. The Morgan fingerprint density at radius 3 is 2.94 bits per heavy atom. The van der Waals surface area contributed by atoms with Gasteiger partial charge in [0.15, 0.2) is 6.54 Å². The number of nitrogens with two attached hydrogens (primary N) is 1. The number of likely N-dealkylation sites (tertiary alicyclic amines) is 1. The van der Waals surface area contributed by atoms with Gasteiger partial charge < -0.3 is 15.0 Å². The molecule has 0 saturated carbocycles. The van der Waals surface area contributed by atoms with Gasteiger partial charge in [0, 0.05) is 19.2 Å². The highest BCUT2D eigenvalue weighted by Gasteiger charge is 2.26. The lowest BCUT2D eigenvalue weighted by atomic mass is 10.00. The molecule has 2 saturated heterocycles. The van der Waals surface area contributed by atoms with E-state index in [2.05, 4.69) is 17.1 Å². The third-order valence-electron chi connectivity index (χ3n) is 4.19. The van der Waals surface area contributed by atoms with Crippen molar-refractivity contribution in [3.63, 3.8) is 0 Å². The van der Waals surface area contributed by atoms with Gasteiger partial charge in [0.1, 0.15) is 12.6 Å². The van der Waals surface area contributed by atoms with Crippen molar-refractivity contribution in [2.24, 2.45) is 0 Å². The van der Waals surface area contributed by atoms with Crippen LogP contribution in [0.25, 0.3) is 0 Å². The quantitative estimate of drug-likeness (QED) is 0.778. The van der Waals surface area contributed by atoms with E-state index in [1.54, 1.807) is 0 Å². The number of amides is 1. The molecule has 4 nitrogen and oxygen atoms in total. The van der Waals surface area contributed by atoms with Crippen LogP contribution in [0.1, 0.15) is 45.4 Å². The number of nitrogens with zero attached hydrogens (tertiary/aromatic N) is 1. The van der Waals surface area contributed by atoms with Gasteiger partial charge >= 0.3 is 0 Å². The standard InChI is InChI=1S/C14H26N2O2/c1-2-12-6-3-4-8-16(12)14(17)11-15-10-13-7-5-9-18-13/h12-13,15H,2-11H2,1H3/p+1/t12-,13-/m1/s1. The van der Waals surface area contributed by atoms with Crippen molar-refractivity contribution in [3.05, 3.63) is 0 Å². The molecule has 2 rings (SSSR count). The molecular formula is C14H27N2O2+. The molecule has 0 aromatic heterocycles. The van der Waals surface area contributed by atoms with E-state index in [-0.39, 0.29) is 0 Å². The average molecular weight is 255 g/mol. The van der Waals surface area contributed by atoms with Gasteiger partial charge in [0.05, 0.1) is 0 Å².